The summed E-state index contributed by atoms with van der Waals surface area (Å²) >= 11 is 0. The van der Waals surface area contributed by atoms with Crippen LogP contribution < -0.4 is 15.5 Å². The Labute approximate surface area is 161 Å². The summed E-state index contributed by atoms with van der Waals surface area (Å²) in [6, 6.07) is 24.6. The first-order valence-corrected chi connectivity index (χ1v) is 8.75. The molecule has 0 aliphatic rings. The summed E-state index contributed by atoms with van der Waals surface area (Å²) < 4.78 is 11.2. The molecule has 0 bridgehead atoms. The van der Waals surface area contributed by atoms with Gasteiger partial charge in [-0.1, -0.05) is 24.3 Å². The number of nitrogens with one attached hydrogen (secondary N) is 2. The first-order chi connectivity index (χ1) is 13.7. The summed E-state index contributed by atoms with van der Waals surface area (Å²) in [5.74, 6) is 0.961. The van der Waals surface area contributed by atoms with Crippen molar-refractivity contribution < 1.29 is 19.2 Å². The first-order valence-electron chi connectivity index (χ1n) is 8.75. The quantitative estimate of drug-likeness (QED) is 0.328. The molecular weight excluding hydrogens is 356 g/mol. The van der Waals surface area contributed by atoms with Crippen molar-refractivity contribution >= 4 is 22.6 Å². The number of para-hydroxylation sites is 1. The van der Waals surface area contributed by atoms with E-state index in [1.807, 2.05) is 66.7 Å². The number of furan rings is 1. The third kappa shape index (κ3) is 3.97. The molecule has 140 valence electrons. The second-order valence-electron chi connectivity index (χ2n) is 6.22. The van der Waals surface area contributed by atoms with Crippen LogP contribution in [-0.4, -0.2) is 11.1 Å². The zero-order chi connectivity index (χ0) is 19.3. The van der Waals surface area contributed by atoms with Crippen molar-refractivity contribution in [3.63, 3.8) is 0 Å². The Morgan fingerprint density at radius 1 is 0.929 bits per heavy atom. The number of rotatable bonds is 6. The number of fused-ring (bicyclic) bond motifs is 1. The number of anilines is 1. The Morgan fingerprint density at radius 3 is 2.43 bits per heavy atom. The maximum absolute atomic E-state index is 11.4. The van der Waals surface area contributed by atoms with Crippen LogP contribution in [0.5, 0.6) is 11.5 Å². The van der Waals surface area contributed by atoms with Crippen molar-refractivity contribution in [3.05, 3.63) is 90.2 Å². The Bertz CT molecular complexity index is 1090. The summed E-state index contributed by atoms with van der Waals surface area (Å²) in [6.07, 6.45) is 0. The van der Waals surface area contributed by atoms with E-state index in [1.54, 1.807) is 17.6 Å². The molecule has 0 unspecified atom stereocenters. The average molecular weight is 374 g/mol. The number of amides is 1. The van der Waals surface area contributed by atoms with Crippen LogP contribution in [-0.2, 0) is 6.54 Å². The van der Waals surface area contributed by atoms with Crippen LogP contribution in [0.4, 0.5) is 5.69 Å². The van der Waals surface area contributed by atoms with E-state index in [-0.39, 0.29) is 5.76 Å². The second kappa shape index (κ2) is 7.85. The van der Waals surface area contributed by atoms with E-state index < -0.39 is 5.91 Å². The van der Waals surface area contributed by atoms with E-state index >= 15 is 0 Å². The minimum absolute atomic E-state index is 0.0663. The molecule has 0 saturated carbocycles. The molecule has 3 aromatic carbocycles. The lowest BCUT2D eigenvalue weighted by Crippen LogP contribution is -2.17. The molecule has 6 nitrogen and oxygen atoms in total. The average Bonchev–Trinajstić information content (AvgIpc) is 3.17. The Balaban J connectivity index is 1.40. The second-order valence-corrected chi connectivity index (χ2v) is 6.22. The summed E-state index contributed by atoms with van der Waals surface area (Å²) in [5, 5.41) is 12.8. The Kier molecular flexibility index (Phi) is 4.95. The van der Waals surface area contributed by atoms with E-state index in [1.165, 1.54) is 0 Å². The number of benzene rings is 3. The van der Waals surface area contributed by atoms with Crippen molar-refractivity contribution in [2.45, 2.75) is 6.54 Å². The first kappa shape index (κ1) is 17.6. The van der Waals surface area contributed by atoms with Gasteiger partial charge in [0.2, 0.25) is 0 Å². The van der Waals surface area contributed by atoms with Gasteiger partial charge in [-0.2, -0.15) is 0 Å². The van der Waals surface area contributed by atoms with E-state index in [9.17, 15) is 4.79 Å². The van der Waals surface area contributed by atoms with Crippen molar-refractivity contribution in [2.24, 2.45) is 0 Å². The molecule has 0 aliphatic carbocycles. The van der Waals surface area contributed by atoms with Gasteiger partial charge in [0.15, 0.2) is 5.76 Å². The molecule has 28 heavy (non-hydrogen) atoms. The molecule has 1 amide bonds. The minimum Gasteiger partial charge on any atom is -0.457 e. The monoisotopic (exact) mass is 374 g/mol. The lowest BCUT2D eigenvalue weighted by Gasteiger charge is -2.09. The van der Waals surface area contributed by atoms with Crippen molar-refractivity contribution in [3.8, 4) is 11.5 Å². The number of ether oxygens (including phenoxy) is 1. The van der Waals surface area contributed by atoms with E-state index in [0.717, 1.165) is 28.1 Å². The van der Waals surface area contributed by atoms with Crippen LogP contribution in [0.1, 0.15) is 16.1 Å². The molecule has 0 radical (unpaired) electrons. The van der Waals surface area contributed by atoms with Crippen LogP contribution in [0, 0.1) is 0 Å². The molecule has 1 aromatic heterocycles. The van der Waals surface area contributed by atoms with Crippen LogP contribution in [0.25, 0.3) is 11.0 Å². The molecule has 3 N–H and O–H groups in total. The highest BCUT2D eigenvalue weighted by Crippen LogP contribution is 2.24. The van der Waals surface area contributed by atoms with Crippen molar-refractivity contribution in [2.75, 3.05) is 5.32 Å². The highest BCUT2D eigenvalue weighted by Gasteiger charge is 2.11. The van der Waals surface area contributed by atoms with Crippen LogP contribution in [0.2, 0.25) is 0 Å². The zero-order valence-corrected chi connectivity index (χ0v) is 14.9. The largest absolute Gasteiger partial charge is 0.457 e. The SMILES string of the molecule is O=C(NO)c1cc2cc(CNc3ccc(Oc4ccccc4)cc3)ccc2o1. The molecular formula is C22H18N2O4. The van der Waals surface area contributed by atoms with Crippen molar-refractivity contribution in [1.29, 1.82) is 0 Å². The van der Waals surface area contributed by atoms with Gasteiger partial charge in [-0.3, -0.25) is 10.0 Å². The molecule has 4 rings (SSSR count). The van der Waals surface area contributed by atoms with Gasteiger partial charge in [-0.05, 0) is 60.2 Å². The fourth-order valence-electron chi connectivity index (χ4n) is 2.84. The molecule has 0 aliphatic heterocycles. The smallest absolute Gasteiger partial charge is 0.310 e. The third-order valence-corrected chi connectivity index (χ3v) is 4.24. The van der Waals surface area contributed by atoms with Crippen LogP contribution in [0.3, 0.4) is 0 Å². The summed E-state index contributed by atoms with van der Waals surface area (Å²) in [4.78, 5) is 11.4. The molecule has 1 heterocycles. The van der Waals surface area contributed by atoms with Gasteiger partial charge in [-0.15, -0.1) is 0 Å². The van der Waals surface area contributed by atoms with Gasteiger partial charge in [0.1, 0.15) is 17.1 Å². The highest BCUT2D eigenvalue weighted by molar-refractivity contribution is 5.95. The summed E-state index contributed by atoms with van der Waals surface area (Å²) in [7, 11) is 0. The van der Waals surface area contributed by atoms with Gasteiger partial charge in [0.05, 0.1) is 0 Å². The number of hydroxylamine groups is 1. The topological polar surface area (TPSA) is 83.7 Å². The molecule has 0 saturated heterocycles. The van der Waals surface area contributed by atoms with Crippen LogP contribution in [0.15, 0.2) is 83.3 Å². The summed E-state index contributed by atoms with van der Waals surface area (Å²) in [6.45, 7) is 0.613. The lowest BCUT2D eigenvalue weighted by atomic mass is 10.1. The maximum atomic E-state index is 11.4. The Morgan fingerprint density at radius 2 is 1.68 bits per heavy atom. The number of hydrogen-bond donors (Lipinski definition) is 3. The number of carbonyl (C=O) groups excluding carboxylic acids is 1. The molecule has 0 spiro atoms. The summed E-state index contributed by atoms with van der Waals surface area (Å²) in [5.41, 5.74) is 4.16. The van der Waals surface area contributed by atoms with Gasteiger partial charge < -0.3 is 14.5 Å². The van der Waals surface area contributed by atoms with Gasteiger partial charge in [0, 0.05) is 17.6 Å². The predicted molar refractivity (Wildman–Crippen MR) is 106 cm³/mol. The zero-order valence-electron chi connectivity index (χ0n) is 14.9. The van der Waals surface area contributed by atoms with E-state index in [0.29, 0.717) is 12.1 Å². The van der Waals surface area contributed by atoms with Gasteiger partial charge in [-0.25, -0.2) is 5.48 Å². The van der Waals surface area contributed by atoms with E-state index in [4.69, 9.17) is 14.4 Å². The fraction of sp³-hybridized carbons (Fsp3) is 0.0455. The van der Waals surface area contributed by atoms with E-state index in [2.05, 4.69) is 5.32 Å². The third-order valence-electron chi connectivity index (χ3n) is 4.24. The number of hydrogen-bond acceptors (Lipinski definition) is 5. The van der Waals surface area contributed by atoms with Crippen molar-refractivity contribution in [1.82, 2.24) is 5.48 Å². The molecule has 4 aromatic rings. The van der Waals surface area contributed by atoms with Gasteiger partial charge in [0.25, 0.3) is 0 Å². The molecule has 0 fully saturated rings. The lowest BCUT2D eigenvalue weighted by molar-refractivity contribution is 0.0678. The fourth-order valence-corrected chi connectivity index (χ4v) is 2.84. The predicted octanol–water partition coefficient (Wildman–Crippen LogP) is 4.96. The van der Waals surface area contributed by atoms with Crippen LogP contribution >= 0.6 is 0 Å². The number of carbonyl (C=O) groups is 1. The maximum Gasteiger partial charge on any atom is 0.310 e. The standard InChI is InChI=1S/C22H18N2O4/c25-22(24-26)21-13-16-12-15(6-11-20(16)28-21)14-23-17-7-9-19(10-8-17)27-18-4-2-1-3-5-18/h1-13,23,26H,14H2,(H,24,25). The molecule has 0 atom stereocenters. The Hall–Kier alpha value is -3.77. The van der Waals surface area contributed by atoms with Gasteiger partial charge >= 0.3 is 5.91 Å². The minimum atomic E-state index is -0.673. The highest BCUT2D eigenvalue weighted by atomic mass is 16.5. The normalized spacial score (nSPS) is 10.6. The molecule has 6 heteroatoms.